The molecule has 2 aromatic carbocycles. The molecule has 0 amide bonds. The van der Waals surface area contributed by atoms with Crippen LogP contribution >= 0.6 is 0 Å². The maximum Gasteiger partial charge on any atom is 0.226 e. The molecule has 1 atom stereocenters. The van der Waals surface area contributed by atoms with Crippen molar-refractivity contribution in [3.05, 3.63) is 77.4 Å². The zero-order valence-corrected chi connectivity index (χ0v) is 17.6. The maximum atomic E-state index is 6.03. The minimum absolute atomic E-state index is 0.202. The molecule has 4 aromatic rings. The van der Waals surface area contributed by atoms with Crippen molar-refractivity contribution in [3.63, 3.8) is 0 Å². The van der Waals surface area contributed by atoms with E-state index in [1.54, 1.807) is 0 Å². The van der Waals surface area contributed by atoms with Crippen molar-refractivity contribution in [2.24, 2.45) is 0 Å². The van der Waals surface area contributed by atoms with Crippen LogP contribution in [0.5, 0.6) is 11.5 Å². The Labute approximate surface area is 180 Å². The SMILES string of the molecule is Cc1nonc1C1CCCN1Cc1nc(-c2cccc(Oc3ccccc3)c2)oc1C. The molecule has 3 heterocycles. The van der Waals surface area contributed by atoms with Gasteiger partial charge in [0.15, 0.2) is 0 Å². The fourth-order valence-electron chi connectivity index (χ4n) is 4.07. The lowest BCUT2D eigenvalue weighted by molar-refractivity contribution is 0.228. The van der Waals surface area contributed by atoms with Crippen molar-refractivity contribution in [1.29, 1.82) is 0 Å². The number of para-hydroxylation sites is 1. The van der Waals surface area contributed by atoms with Crippen molar-refractivity contribution in [2.45, 2.75) is 39.3 Å². The first-order valence-electron chi connectivity index (χ1n) is 10.5. The molecule has 0 radical (unpaired) electrons. The zero-order chi connectivity index (χ0) is 21.2. The van der Waals surface area contributed by atoms with Crippen LogP contribution in [0.4, 0.5) is 0 Å². The second-order valence-corrected chi connectivity index (χ2v) is 7.83. The Morgan fingerprint density at radius 1 is 1.03 bits per heavy atom. The third-order valence-corrected chi connectivity index (χ3v) is 5.67. The van der Waals surface area contributed by atoms with Crippen LogP contribution in [0.1, 0.15) is 41.7 Å². The molecule has 1 unspecified atom stereocenters. The Morgan fingerprint density at radius 2 is 1.87 bits per heavy atom. The molecular weight excluding hydrogens is 392 g/mol. The fraction of sp³-hybridized carbons (Fsp3) is 0.292. The van der Waals surface area contributed by atoms with Gasteiger partial charge in [0.1, 0.15) is 28.6 Å². The fourth-order valence-corrected chi connectivity index (χ4v) is 4.07. The molecule has 0 spiro atoms. The Bertz CT molecular complexity index is 1170. The number of ether oxygens (including phenoxy) is 1. The monoisotopic (exact) mass is 416 g/mol. The topological polar surface area (TPSA) is 77.4 Å². The van der Waals surface area contributed by atoms with Crippen molar-refractivity contribution in [3.8, 4) is 23.0 Å². The Balaban J connectivity index is 1.35. The molecule has 7 nitrogen and oxygen atoms in total. The van der Waals surface area contributed by atoms with Crippen LogP contribution in [-0.2, 0) is 6.54 Å². The summed E-state index contributed by atoms with van der Waals surface area (Å²) in [6.07, 6.45) is 2.15. The van der Waals surface area contributed by atoms with Crippen LogP contribution < -0.4 is 4.74 Å². The van der Waals surface area contributed by atoms with Gasteiger partial charge in [-0.3, -0.25) is 4.90 Å². The summed E-state index contributed by atoms with van der Waals surface area (Å²) >= 11 is 0. The predicted octanol–water partition coefficient (Wildman–Crippen LogP) is 5.47. The molecule has 1 fully saturated rings. The highest BCUT2D eigenvalue weighted by molar-refractivity contribution is 5.57. The summed E-state index contributed by atoms with van der Waals surface area (Å²) in [5.41, 5.74) is 3.59. The van der Waals surface area contributed by atoms with Gasteiger partial charge in [-0.05, 0) is 63.6 Å². The van der Waals surface area contributed by atoms with Crippen molar-refractivity contribution >= 4 is 0 Å². The van der Waals surface area contributed by atoms with Crippen molar-refractivity contribution in [1.82, 2.24) is 20.2 Å². The molecule has 5 rings (SSSR count). The summed E-state index contributed by atoms with van der Waals surface area (Å²) < 4.78 is 16.9. The van der Waals surface area contributed by atoms with E-state index in [9.17, 15) is 0 Å². The molecule has 158 valence electrons. The van der Waals surface area contributed by atoms with Gasteiger partial charge in [-0.2, -0.15) is 0 Å². The van der Waals surface area contributed by atoms with Gasteiger partial charge in [-0.1, -0.05) is 34.6 Å². The number of hydrogen-bond donors (Lipinski definition) is 0. The van der Waals surface area contributed by atoms with Gasteiger partial charge in [0.25, 0.3) is 0 Å². The number of hydrogen-bond acceptors (Lipinski definition) is 7. The summed E-state index contributed by atoms with van der Waals surface area (Å²) in [7, 11) is 0. The molecule has 7 heteroatoms. The lowest BCUT2D eigenvalue weighted by Gasteiger charge is -2.21. The highest BCUT2D eigenvalue weighted by Crippen LogP contribution is 2.34. The van der Waals surface area contributed by atoms with E-state index in [-0.39, 0.29) is 6.04 Å². The summed E-state index contributed by atoms with van der Waals surface area (Å²) in [6, 6.07) is 17.7. The number of oxazole rings is 1. The van der Waals surface area contributed by atoms with Gasteiger partial charge in [-0.15, -0.1) is 0 Å². The maximum absolute atomic E-state index is 6.03. The van der Waals surface area contributed by atoms with E-state index in [0.717, 1.165) is 59.3 Å². The van der Waals surface area contributed by atoms with E-state index >= 15 is 0 Å². The molecule has 0 aliphatic carbocycles. The standard InChI is InChI=1S/C24H24N4O3/c1-16-23(27-31-26-16)22-12-7-13-28(22)15-21-17(2)29-24(25-21)18-8-6-11-20(14-18)30-19-9-4-3-5-10-19/h3-6,8-11,14,22H,7,12-13,15H2,1-2H3. The van der Waals surface area contributed by atoms with Crippen LogP contribution in [0.2, 0.25) is 0 Å². The average Bonchev–Trinajstić information content (AvgIpc) is 3.50. The number of nitrogens with zero attached hydrogens (tertiary/aromatic N) is 4. The summed E-state index contributed by atoms with van der Waals surface area (Å²) in [4.78, 5) is 7.18. The van der Waals surface area contributed by atoms with Crippen LogP contribution in [0, 0.1) is 13.8 Å². The largest absolute Gasteiger partial charge is 0.457 e. The first-order chi connectivity index (χ1) is 15.2. The van der Waals surface area contributed by atoms with Crippen LogP contribution in [0.15, 0.2) is 63.6 Å². The number of aromatic nitrogens is 3. The van der Waals surface area contributed by atoms with Gasteiger partial charge >= 0.3 is 0 Å². The lowest BCUT2D eigenvalue weighted by atomic mass is 10.1. The second-order valence-electron chi connectivity index (χ2n) is 7.83. The van der Waals surface area contributed by atoms with Gasteiger partial charge in [0.05, 0.1) is 11.7 Å². The zero-order valence-electron chi connectivity index (χ0n) is 17.6. The Hall–Kier alpha value is -3.45. The smallest absolute Gasteiger partial charge is 0.226 e. The molecule has 31 heavy (non-hydrogen) atoms. The molecule has 0 N–H and O–H groups in total. The summed E-state index contributed by atoms with van der Waals surface area (Å²) in [5, 5.41) is 8.07. The molecule has 1 aliphatic heterocycles. The molecular formula is C24H24N4O3. The van der Waals surface area contributed by atoms with E-state index in [1.165, 1.54) is 0 Å². The van der Waals surface area contributed by atoms with E-state index in [2.05, 4.69) is 15.2 Å². The average molecular weight is 416 g/mol. The number of aryl methyl sites for hydroxylation is 2. The van der Waals surface area contributed by atoms with Gasteiger partial charge in [0.2, 0.25) is 5.89 Å². The first-order valence-corrected chi connectivity index (χ1v) is 10.5. The summed E-state index contributed by atoms with van der Waals surface area (Å²) in [5.74, 6) is 2.96. The Morgan fingerprint density at radius 3 is 2.68 bits per heavy atom. The van der Waals surface area contributed by atoms with Gasteiger partial charge in [-0.25, -0.2) is 9.61 Å². The van der Waals surface area contributed by atoms with E-state index in [4.69, 9.17) is 18.8 Å². The summed E-state index contributed by atoms with van der Waals surface area (Å²) in [6.45, 7) is 5.59. The third kappa shape index (κ3) is 4.09. The quantitative estimate of drug-likeness (QED) is 0.412. The Kier molecular flexibility index (Phi) is 5.26. The van der Waals surface area contributed by atoms with Crippen LogP contribution in [-0.4, -0.2) is 26.7 Å². The van der Waals surface area contributed by atoms with Crippen molar-refractivity contribution < 1.29 is 13.8 Å². The van der Waals surface area contributed by atoms with Crippen molar-refractivity contribution in [2.75, 3.05) is 6.54 Å². The highest BCUT2D eigenvalue weighted by atomic mass is 16.6. The minimum atomic E-state index is 0.202. The first kappa shape index (κ1) is 19.5. The van der Waals surface area contributed by atoms with E-state index in [1.807, 2.05) is 68.4 Å². The second kappa shape index (κ2) is 8.35. The molecule has 0 saturated carbocycles. The molecule has 1 saturated heterocycles. The number of benzene rings is 2. The minimum Gasteiger partial charge on any atom is -0.457 e. The van der Waals surface area contributed by atoms with E-state index < -0.39 is 0 Å². The predicted molar refractivity (Wildman–Crippen MR) is 115 cm³/mol. The number of rotatable bonds is 6. The van der Waals surface area contributed by atoms with Crippen LogP contribution in [0.25, 0.3) is 11.5 Å². The molecule has 0 bridgehead atoms. The normalized spacial score (nSPS) is 16.6. The third-order valence-electron chi connectivity index (χ3n) is 5.67. The van der Waals surface area contributed by atoms with E-state index in [0.29, 0.717) is 12.4 Å². The highest BCUT2D eigenvalue weighted by Gasteiger charge is 2.31. The van der Waals surface area contributed by atoms with Gasteiger partial charge < -0.3 is 9.15 Å². The number of likely N-dealkylation sites (tertiary alicyclic amines) is 1. The van der Waals surface area contributed by atoms with Gasteiger partial charge in [0, 0.05) is 12.1 Å². The molecule has 1 aliphatic rings. The van der Waals surface area contributed by atoms with Crippen LogP contribution in [0.3, 0.4) is 0 Å². The lowest BCUT2D eigenvalue weighted by Crippen LogP contribution is -2.24. The molecule has 2 aromatic heterocycles.